The summed E-state index contributed by atoms with van der Waals surface area (Å²) in [5.41, 5.74) is 0. The van der Waals surface area contributed by atoms with Gasteiger partial charge in [0.05, 0.1) is 13.0 Å². The summed E-state index contributed by atoms with van der Waals surface area (Å²) in [5.74, 6) is 0.201. The second-order valence-corrected chi connectivity index (χ2v) is 4.89. The molecule has 1 aliphatic rings. The summed E-state index contributed by atoms with van der Waals surface area (Å²) >= 11 is 1.76. The van der Waals surface area contributed by atoms with Crippen LogP contribution >= 0.6 is 11.3 Å². The molecule has 1 aliphatic heterocycles. The van der Waals surface area contributed by atoms with Crippen molar-refractivity contribution in [1.29, 1.82) is 0 Å². The van der Waals surface area contributed by atoms with Crippen molar-refractivity contribution in [3.63, 3.8) is 0 Å². The van der Waals surface area contributed by atoms with Gasteiger partial charge >= 0.3 is 5.97 Å². The van der Waals surface area contributed by atoms with Crippen LogP contribution in [0.25, 0.3) is 10.1 Å². The monoisotopic (exact) mass is 218 g/mol. The highest BCUT2D eigenvalue weighted by Crippen LogP contribution is 2.35. The van der Waals surface area contributed by atoms with Crippen LogP contribution in [-0.4, -0.2) is 12.6 Å². The second-order valence-electron chi connectivity index (χ2n) is 3.77. The number of thiophene rings is 1. The molecule has 2 heterocycles. The molecule has 0 spiro atoms. The fraction of sp³-hybridized carbons (Fsp3) is 0.250. The summed E-state index contributed by atoms with van der Waals surface area (Å²) in [7, 11) is 0. The van der Waals surface area contributed by atoms with Gasteiger partial charge in [0.1, 0.15) is 0 Å². The molecule has 0 amide bonds. The number of hydrogen-bond donors (Lipinski definition) is 0. The molecular formula is C12H10O2S. The van der Waals surface area contributed by atoms with E-state index in [-0.39, 0.29) is 11.9 Å². The predicted octanol–water partition coefficient (Wildman–Crippen LogP) is 2.93. The van der Waals surface area contributed by atoms with Crippen LogP contribution in [-0.2, 0) is 9.53 Å². The van der Waals surface area contributed by atoms with Gasteiger partial charge in [-0.25, -0.2) is 0 Å². The average molecular weight is 218 g/mol. The minimum atomic E-state index is -0.0718. The third-order valence-corrected chi connectivity index (χ3v) is 3.98. The van der Waals surface area contributed by atoms with E-state index in [1.807, 2.05) is 12.1 Å². The van der Waals surface area contributed by atoms with Crippen LogP contribution in [0.5, 0.6) is 0 Å². The lowest BCUT2D eigenvalue weighted by molar-refractivity contribution is -0.137. The lowest BCUT2D eigenvalue weighted by Crippen LogP contribution is -1.93. The summed E-state index contributed by atoms with van der Waals surface area (Å²) < 4.78 is 6.27. The number of cyclic esters (lactones) is 1. The maximum absolute atomic E-state index is 11.0. The molecule has 76 valence electrons. The van der Waals surface area contributed by atoms with E-state index in [1.54, 1.807) is 11.3 Å². The molecule has 0 aliphatic carbocycles. The molecule has 0 bridgehead atoms. The van der Waals surface area contributed by atoms with Crippen molar-refractivity contribution in [2.75, 3.05) is 6.61 Å². The molecule has 3 heteroatoms. The smallest absolute Gasteiger partial charge is 0.306 e. The third kappa shape index (κ3) is 1.53. The topological polar surface area (TPSA) is 26.3 Å². The van der Waals surface area contributed by atoms with Gasteiger partial charge in [-0.15, -0.1) is 11.3 Å². The first-order valence-corrected chi connectivity index (χ1v) is 5.79. The van der Waals surface area contributed by atoms with E-state index in [2.05, 4.69) is 18.2 Å². The van der Waals surface area contributed by atoms with Crippen molar-refractivity contribution in [1.82, 2.24) is 0 Å². The highest BCUT2D eigenvalue weighted by atomic mass is 32.1. The van der Waals surface area contributed by atoms with Crippen molar-refractivity contribution >= 4 is 27.4 Å². The van der Waals surface area contributed by atoms with Crippen LogP contribution in [0.2, 0.25) is 0 Å². The number of carbonyl (C=O) groups excluding carboxylic acids is 1. The number of rotatable bonds is 1. The Kier molecular flexibility index (Phi) is 1.99. The van der Waals surface area contributed by atoms with Crippen molar-refractivity contribution in [3.8, 4) is 0 Å². The van der Waals surface area contributed by atoms with Crippen molar-refractivity contribution < 1.29 is 9.53 Å². The third-order valence-electron chi connectivity index (χ3n) is 2.71. The largest absolute Gasteiger partial charge is 0.465 e. The Morgan fingerprint density at radius 2 is 2.20 bits per heavy atom. The molecule has 0 unspecified atom stereocenters. The van der Waals surface area contributed by atoms with Crippen molar-refractivity contribution in [2.24, 2.45) is 0 Å². The summed E-state index contributed by atoms with van der Waals surface area (Å²) in [4.78, 5) is 12.3. The highest BCUT2D eigenvalue weighted by Gasteiger charge is 2.26. The van der Waals surface area contributed by atoms with E-state index < -0.39 is 0 Å². The van der Waals surface area contributed by atoms with Gasteiger partial charge in [-0.2, -0.15) is 0 Å². The molecule has 0 N–H and O–H groups in total. The number of benzene rings is 1. The van der Waals surface area contributed by atoms with E-state index in [9.17, 15) is 4.79 Å². The number of fused-ring (bicyclic) bond motifs is 1. The summed E-state index contributed by atoms with van der Waals surface area (Å²) in [5, 5.41) is 1.26. The van der Waals surface area contributed by atoms with Gasteiger partial charge in [0, 0.05) is 15.5 Å². The number of carbonyl (C=O) groups is 1. The molecule has 0 saturated carbocycles. The molecule has 3 rings (SSSR count). The van der Waals surface area contributed by atoms with E-state index >= 15 is 0 Å². The first-order valence-electron chi connectivity index (χ1n) is 4.97. The van der Waals surface area contributed by atoms with Crippen molar-refractivity contribution in [2.45, 2.75) is 12.3 Å². The molecule has 1 aromatic carbocycles. The first-order chi connectivity index (χ1) is 7.33. The highest BCUT2D eigenvalue weighted by molar-refractivity contribution is 7.19. The molecule has 2 nitrogen and oxygen atoms in total. The minimum absolute atomic E-state index is 0.0718. The maximum atomic E-state index is 11.0. The molecule has 0 radical (unpaired) electrons. The Morgan fingerprint density at radius 3 is 2.93 bits per heavy atom. The lowest BCUT2D eigenvalue weighted by Gasteiger charge is -1.99. The van der Waals surface area contributed by atoms with Gasteiger partial charge in [0.15, 0.2) is 0 Å². The molecule has 2 aromatic rings. The quantitative estimate of drug-likeness (QED) is 0.688. The van der Waals surface area contributed by atoms with E-state index in [0.29, 0.717) is 13.0 Å². The average Bonchev–Trinajstić information content (AvgIpc) is 2.82. The van der Waals surface area contributed by atoms with Gasteiger partial charge in [0.2, 0.25) is 0 Å². The first kappa shape index (κ1) is 8.92. The van der Waals surface area contributed by atoms with Crippen LogP contribution in [0.15, 0.2) is 30.3 Å². The Bertz CT molecular complexity index is 482. The molecule has 1 saturated heterocycles. The molecule has 1 aromatic heterocycles. The Morgan fingerprint density at radius 1 is 1.33 bits per heavy atom. The molecular weight excluding hydrogens is 208 g/mol. The zero-order chi connectivity index (χ0) is 10.3. The van der Waals surface area contributed by atoms with Crippen LogP contribution in [0.4, 0.5) is 0 Å². The van der Waals surface area contributed by atoms with Crippen LogP contribution in [0.3, 0.4) is 0 Å². The maximum Gasteiger partial charge on any atom is 0.306 e. The normalized spacial score (nSPS) is 20.8. The Balaban J connectivity index is 2.01. The summed E-state index contributed by atoms with van der Waals surface area (Å²) in [6.45, 7) is 0.547. The number of ether oxygens (including phenoxy) is 1. The number of esters is 1. The fourth-order valence-corrected chi connectivity index (χ4v) is 3.05. The van der Waals surface area contributed by atoms with E-state index in [0.717, 1.165) is 0 Å². The van der Waals surface area contributed by atoms with Crippen LogP contribution < -0.4 is 0 Å². The lowest BCUT2D eigenvalue weighted by atomic mass is 10.1. The van der Waals surface area contributed by atoms with Gasteiger partial charge in [-0.05, 0) is 17.5 Å². The minimum Gasteiger partial charge on any atom is -0.465 e. The zero-order valence-electron chi connectivity index (χ0n) is 8.10. The van der Waals surface area contributed by atoms with Crippen LogP contribution in [0, 0.1) is 0 Å². The van der Waals surface area contributed by atoms with Crippen molar-refractivity contribution in [3.05, 3.63) is 35.2 Å². The van der Waals surface area contributed by atoms with Gasteiger partial charge < -0.3 is 4.74 Å². The van der Waals surface area contributed by atoms with Gasteiger partial charge in [0.25, 0.3) is 0 Å². The fourth-order valence-electron chi connectivity index (χ4n) is 1.90. The molecule has 1 atom stereocenters. The second kappa shape index (κ2) is 3.35. The Labute approximate surface area is 91.5 Å². The van der Waals surface area contributed by atoms with Crippen LogP contribution in [0.1, 0.15) is 17.2 Å². The number of hydrogen-bond acceptors (Lipinski definition) is 3. The SMILES string of the molecule is O=C1C[C@H](c2cc3ccccc3s2)CO1. The van der Waals surface area contributed by atoms with E-state index in [1.165, 1.54) is 15.0 Å². The molecule has 15 heavy (non-hydrogen) atoms. The van der Waals surface area contributed by atoms with E-state index in [4.69, 9.17) is 4.74 Å². The molecule has 1 fully saturated rings. The predicted molar refractivity (Wildman–Crippen MR) is 60.1 cm³/mol. The standard InChI is InChI=1S/C12H10O2S/c13-12-6-9(7-14-12)11-5-8-3-1-2-4-10(8)15-11/h1-5,9H,6-7H2/t9-/m0/s1. The van der Waals surface area contributed by atoms with Gasteiger partial charge in [-0.1, -0.05) is 18.2 Å². The Hall–Kier alpha value is -1.35. The summed E-state index contributed by atoms with van der Waals surface area (Å²) in [6.07, 6.45) is 0.535. The van der Waals surface area contributed by atoms with Gasteiger partial charge in [-0.3, -0.25) is 4.79 Å². The zero-order valence-corrected chi connectivity index (χ0v) is 8.92. The summed E-state index contributed by atoms with van der Waals surface area (Å²) in [6, 6.07) is 10.5.